The molecule has 0 aromatic heterocycles. The Morgan fingerprint density at radius 1 is 1.31 bits per heavy atom. The molecule has 96 valence electrons. The van der Waals surface area contributed by atoms with Crippen LogP contribution in [0.15, 0.2) is 0 Å². The molecule has 6 nitrogen and oxygen atoms in total. The van der Waals surface area contributed by atoms with Gasteiger partial charge in [-0.3, -0.25) is 4.79 Å². The van der Waals surface area contributed by atoms with E-state index in [-0.39, 0.29) is 12.5 Å². The van der Waals surface area contributed by atoms with Crippen LogP contribution >= 0.6 is 0 Å². The molecule has 7 heteroatoms. The number of rotatable bonds is 7. The molecule has 16 heavy (non-hydrogen) atoms. The molecule has 0 saturated heterocycles. The number of hydrogen-bond donors (Lipinski definition) is 3. The highest BCUT2D eigenvalue weighted by Crippen LogP contribution is 2.13. The molecule has 0 aliphatic rings. The first-order chi connectivity index (χ1) is 7.07. The minimum atomic E-state index is -3.61. The van der Waals surface area contributed by atoms with Crippen molar-refractivity contribution < 1.29 is 18.3 Å². The Labute approximate surface area is 96.6 Å². The number of aliphatic carboxylic acids is 1. The van der Waals surface area contributed by atoms with Crippen LogP contribution in [-0.2, 0) is 15.0 Å². The Morgan fingerprint density at radius 2 is 1.81 bits per heavy atom. The van der Waals surface area contributed by atoms with Gasteiger partial charge >= 0.3 is 5.97 Å². The average molecular weight is 252 g/mol. The topological polar surface area (TPSA) is 95.5 Å². The Bertz CT molecular complexity index is 335. The van der Waals surface area contributed by atoms with E-state index in [2.05, 4.69) is 9.44 Å². The Balaban J connectivity index is 4.25. The molecule has 0 bridgehead atoms. The zero-order chi connectivity index (χ0) is 13.0. The molecule has 0 aromatic carbocycles. The lowest BCUT2D eigenvalue weighted by atomic mass is 9.95. The normalized spacial score (nSPS) is 13.1. The molecule has 3 N–H and O–H groups in total. The van der Waals surface area contributed by atoms with Crippen LogP contribution in [0.5, 0.6) is 0 Å². The van der Waals surface area contributed by atoms with Crippen molar-refractivity contribution in [3.8, 4) is 0 Å². The Morgan fingerprint density at radius 3 is 2.19 bits per heavy atom. The predicted molar refractivity (Wildman–Crippen MR) is 61.2 cm³/mol. The van der Waals surface area contributed by atoms with Gasteiger partial charge in [-0.25, -0.2) is 9.44 Å². The van der Waals surface area contributed by atoms with Crippen molar-refractivity contribution in [2.24, 2.45) is 11.3 Å². The average Bonchev–Trinajstić information content (AvgIpc) is 2.12. The third-order valence-corrected chi connectivity index (χ3v) is 3.04. The highest BCUT2D eigenvalue weighted by Gasteiger charge is 2.28. The van der Waals surface area contributed by atoms with Crippen molar-refractivity contribution in [2.75, 3.05) is 13.1 Å². The van der Waals surface area contributed by atoms with Crippen molar-refractivity contribution in [1.82, 2.24) is 9.44 Å². The summed E-state index contributed by atoms with van der Waals surface area (Å²) in [4.78, 5) is 10.7. The first kappa shape index (κ1) is 15.3. The second-order valence-electron chi connectivity index (χ2n) is 4.76. The number of hydrogen-bond acceptors (Lipinski definition) is 3. The van der Waals surface area contributed by atoms with Crippen molar-refractivity contribution >= 4 is 16.2 Å². The Kier molecular flexibility index (Phi) is 5.37. The van der Waals surface area contributed by atoms with Gasteiger partial charge in [-0.2, -0.15) is 8.42 Å². The maximum atomic E-state index is 11.4. The number of nitrogens with one attached hydrogen (secondary N) is 2. The zero-order valence-corrected chi connectivity index (χ0v) is 10.9. The Hall–Kier alpha value is -0.660. The summed E-state index contributed by atoms with van der Waals surface area (Å²) in [6, 6.07) is 0. The monoisotopic (exact) mass is 252 g/mol. The lowest BCUT2D eigenvalue weighted by Gasteiger charge is -2.19. The summed E-state index contributed by atoms with van der Waals surface area (Å²) in [5.41, 5.74) is -1.12. The van der Waals surface area contributed by atoms with Crippen LogP contribution in [0.1, 0.15) is 27.7 Å². The van der Waals surface area contributed by atoms with E-state index in [0.717, 1.165) is 0 Å². The number of carboxylic acids is 1. The molecule has 0 heterocycles. The first-order valence-electron chi connectivity index (χ1n) is 5.04. The SMILES string of the molecule is CC(C)CNS(=O)(=O)NCC(C)(C)C(=O)O. The smallest absolute Gasteiger partial charge is 0.310 e. The highest BCUT2D eigenvalue weighted by molar-refractivity contribution is 7.87. The fraction of sp³-hybridized carbons (Fsp3) is 0.889. The molecule has 0 aliphatic heterocycles. The third kappa shape index (κ3) is 6.04. The maximum Gasteiger partial charge on any atom is 0.310 e. The maximum absolute atomic E-state index is 11.4. The van der Waals surface area contributed by atoms with Gasteiger partial charge in [0.1, 0.15) is 0 Å². The van der Waals surface area contributed by atoms with Gasteiger partial charge in [0, 0.05) is 13.1 Å². The zero-order valence-electron chi connectivity index (χ0n) is 10.1. The minimum absolute atomic E-state index is 0.143. The van der Waals surface area contributed by atoms with E-state index < -0.39 is 21.6 Å². The van der Waals surface area contributed by atoms with E-state index >= 15 is 0 Å². The van der Waals surface area contributed by atoms with Crippen molar-refractivity contribution in [3.63, 3.8) is 0 Å². The molecule has 0 amide bonds. The first-order valence-corrected chi connectivity index (χ1v) is 6.53. The third-order valence-electron chi connectivity index (χ3n) is 1.96. The molecule has 0 fully saturated rings. The second kappa shape index (κ2) is 5.60. The fourth-order valence-electron chi connectivity index (χ4n) is 0.678. The summed E-state index contributed by atoms with van der Waals surface area (Å²) in [7, 11) is -3.61. The lowest BCUT2D eigenvalue weighted by molar-refractivity contribution is -0.146. The van der Waals surface area contributed by atoms with Crippen LogP contribution in [0.3, 0.4) is 0 Å². The van der Waals surface area contributed by atoms with E-state index in [1.165, 1.54) is 13.8 Å². The molecule has 0 aliphatic carbocycles. The van der Waals surface area contributed by atoms with Crippen LogP contribution in [0.4, 0.5) is 0 Å². The van der Waals surface area contributed by atoms with Gasteiger partial charge in [0.25, 0.3) is 10.2 Å². The molecular weight excluding hydrogens is 232 g/mol. The largest absolute Gasteiger partial charge is 0.481 e. The fourth-order valence-corrected chi connectivity index (χ4v) is 1.88. The molecule has 0 atom stereocenters. The van der Waals surface area contributed by atoms with Gasteiger partial charge in [0.15, 0.2) is 0 Å². The van der Waals surface area contributed by atoms with Crippen LogP contribution < -0.4 is 9.44 Å². The van der Waals surface area contributed by atoms with Gasteiger partial charge in [-0.05, 0) is 19.8 Å². The van der Waals surface area contributed by atoms with Gasteiger partial charge in [-0.15, -0.1) is 0 Å². The van der Waals surface area contributed by atoms with Crippen molar-refractivity contribution in [2.45, 2.75) is 27.7 Å². The molecule has 0 radical (unpaired) electrons. The minimum Gasteiger partial charge on any atom is -0.481 e. The van der Waals surface area contributed by atoms with E-state index in [1.807, 2.05) is 13.8 Å². The number of carboxylic acid groups (broad SMARTS) is 1. The molecule has 0 unspecified atom stereocenters. The van der Waals surface area contributed by atoms with E-state index in [1.54, 1.807) is 0 Å². The lowest BCUT2D eigenvalue weighted by Crippen LogP contribution is -2.44. The van der Waals surface area contributed by atoms with Gasteiger partial charge in [0.2, 0.25) is 0 Å². The quantitative estimate of drug-likeness (QED) is 0.602. The molecule has 0 spiro atoms. The highest BCUT2D eigenvalue weighted by atomic mass is 32.2. The summed E-state index contributed by atoms with van der Waals surface area (Å²) >= 11 is 0. The second-order valence-corrected chi connectivity index (χ2v) is 6.34. The van der Waals surface area contributed by atoms with Crippen LogP contribution in [0.2, 0.25) is 0 Å². The van der Waals surface area contributed by atoms with Crippen LogP contribution in [0.25, 0.3) is 0 Å². The summed E-state index contributed by atoms with van der Waals surface area (Å²) in [6.45, 7) is 6.85. The van der Waals surface area contributed by atoms with Gasteiger partial charge in [-0.1, -0.05) is 13.8 Å². The molecule has 0 rings (SSSR count). The van der Waals surface area contributed by atoms with Crippen molar-refractivity contribution in [1.29, 1.82) is 0 Å². The van der Waals surface area contributed by atoms with E-state index in [9.17, 15) is 13.2 Å². The van der Waals surface area contributed by atoms with E-state index in [0.29, 0.717) is 6.54 Å². The summed E-state index contributed by atoms with van der Waals surface area (Å²) in [5.74, 6) is -0.844. The van der Waals surface area contributed by atoms with Gasteiger partial charge < -0.3 is 5.11 Å². The summed E-state index contributed by atoms with van der Waals surface area (Å²) in [6.07, 6.45) is 0. The summed E-state index contributed by atoms with van der Waals surface area (Å²) in [5, 5.41) is 8.80. The summed E-state index contributed by atoms with van der Waals surface area (Å²) < 4.78 is 27.3. The van der Waals surface area contributed by atoms with Crippen LogP contribution in [-0.4, -0.2) is 32.6 Å². The van der Waals surface area contributed by atoms with E-state index in [4.69, 9.17) is 5.11 Å². The van der Waals surface area contributed by atoms with Crippen LogP contribution in [0, 0.1) is 11.3 Å². The van der Waals surface area contributed by atoms with Gasteiger partial charge in [0.05, 0.1) is 5.41 Å². The van der Waals surface area contributed by atoms with Crippen molar-refractivity contribution in [3.05, 3.63) is 0 Å². The predicted octanol–water partition coefficient (Wildman–Crippen LogP) is 0.177. The molecule has 0 saturated carbocycles. The number of carbonyl (C=O) groups is 1. The standard InChI is InChI=1S/C9H20N2O4S/c1-7(2)5-10-16(14,15)11-6-9(3,4)8(12)13/h7,10-11H,5-6H2,1-4H3,(H,12,13). The molecule has 0 aromatic rings. The molecular formula is C9H20N2O4S.